The Morgan fingerprint density at radius 2 is 1.22 bits per heavy atom. The summed E-state index contributed by atoms with van der Waals surface area (Å²) in [6.45, 7) is 13.9. The Labute approximate surface area is 290 Å². The summed E-state index contributed by atoms with van der Waals surface area (Å²) in [5.41, 5.74) is 10.6. The minimum absolute atomic E-state index is 0. The van der Waals surface area contributed by atoms with Crippen molar-refractivity contribution in [3.05, 3.63) is 163 Å². The van der Waals surface area contributed by atoms with Gasteiger partial charge in [0, 0.05) is 32.5 Å². The fourth-order valence-electron chi connectivity index (χ4n) is 5.50. The molecule has 4 heteroatoms. The average Bonchev–Trinajstić information content (AvgIpc) is 3.09. The minimum Gasteiger partial charge on any atom is -0.305 e. The van der Waals surface area contributed by atoms with Gasteiger partial charge >= 0.3 is 0 Å². The van der Waals surface area contributed by atoms with Crippen LogP contribution in [0.4, 0.5) is 0 Å². The first-order valence-corrected chi connectivity index (χ1v) is 19.3. The van der Waals surface area contributed by atoms with Gasteiger partial charge in [0.25, 0.3) is 0 Å². The van der Waals surface area contributed by atoms with Gasteiger partial charge in [-0.05, 0) is 45.6 Å². The molecule has 4 aromatic carbocycles. The van der Waals surface area contributed by atoms with Gasteiger partial charge in [0.1, 0.15) is 0 Å². The molecule has 0 N–H and O–H groups in total. The van der Waals surface area contributed by atoms with Gasteiger partial charge in [0.05, 0.1) is 8.07 Å². The number of pyridine rings is 2. The molecule has 2 aromatic heterocycles. The standard InChI is InChI=1S/C23H26NSi.C19H16N.Ir/c1-17(2)21-15-22(24-16-23(21)25(3,4)5)20-13-9-12-19(14-20)18-10-7-6-8-11-18;1-15(16-8-3-2-4-9-16)17-10-7-11-18(14-17)19-12-5-6-13-20-19;/h6-12,14-17H,1-5H3;2-10,12-15H,1H3;/q2*-1;. The Morgan fingerprint density at radius 3 is 1.85 bits per heavy atom. The molecular formula is C42H42IrN2Si-2. The molecule has 0 saturated heterocycles. The minimum atomic E-state index is -1.40. The SMILES string of the molecule is CC(C)c1cc(-c2[c-]ccc(-c3ccccc3)c2)ncc1[Si](C)(C)C.CC(c1ccccc1)c1cc[c-]c(-c2ccccn2)c1.[Ir]. The van der Waals surface area contributed by atoms with E-state index in [-0.39, 0.29) is 20.1 Å². The first-order valence-electron chi connectivity index (χ1n) is 15.8. The molecule has 6 aromatic rings. The van der Waals surface area contributed by atoms with E-state index in [0.717, 1.165) is 22.5 Å². The normalized spacial score (nSPS) is 11.6. The first-order chi connectivity index (χ1) is 21.7. The molecule has 0 spiro atoms. The second-order valence-electron chi connectivity index (χ2n) is 12.8. The van der Waals surface area contributed by atoms with Gasteiger partial charge in [-0.3, -0.25) is 0 Å². The zero-order chi connectivity index (χ0) is 31.8. The van der Waals surface area contributed by atoms with Crippen LogP contribution in [0.3, 0.4) is 0 Å². The van der Waals surface area contributed by atoms with Gasteiger partial charge in [0.15, 0.2) is 0 Å². The summed E-state index contributed by atoms with van der Waals surface area (Å²) in [6.07, 6.45) is 3.93. The molecule has 2 heterocycles. The Hall–Kier alpha value is -3.95. The Kier molecular flexibility index (Phi) is 12.2. The third kappa shape index (κ3) is 8.85. The van der Waals surface area contributed by atoms with Crippen molar-refractivity contribution in [1.29, 1.82) is 0 Å². The van der Waals surface area contributed by atoms with E-state index in [1.165, 1.54) is 33.0 Å². The number of hydrogen-bond acceptors (Lipinski definition) is 2. The third-order valence-electron chi connectivity index (χ3n) is 8.12. The summed E-state index contributed by atoms with van der Waals surface area (Å²) in [6, 6.07) is 48.5. The molecule has 2 nitrogen and oxygen atoms in total. The van der Waals surface area contributed by atoms with Crippen molar-refractivity contribution in [3.63, 3.8) is 0 Å². The fourth-order valence-corrected chi connectivity index (χ4v) is 7.18. The maximum absolute atomic E-state index is 4.80. The van der Waals surface area contributed by atoms with E-state index < -0.39 is 8.07 Å². The summed E-state index contributed by atoms with van der Waals surface area (Å²) in [7, 11) is -1.40. The van der Waals surface area contributed by atoms with Crippen LogP contribution >= 0.6 is 0 Å². The Balaban J connectivity index is 0.000000209. The second-order valence-corrected chi connectivity index (χ2v) is 17.8. The van der Waals surface area contributed by atoms with Gasteiger partial charge in [-0.25, -0.2) is 0 Å². The smallest absolute Gasteiger partial charge is 0.0799 e. The van der Waals surface area contributed by atoms with E-state index in [1.54, 1.807) is 0 Å². The quantitative estimate of drug-likeness (QED) is 0.119. The van der Waals surface area contributed by atoms with Crippen molar-refractivity contribution in [1.82, 2.24) is 9.97 Å². The number of aromatic nitrogens is 2. The summed E-state index contributed by atoms with van der Waals surface area (Å²) in [5.74, 6) is 0.869. The largest absolute Gasteiger partial charge is 0.305 e. The van der Waals surface area contributed by atoms with Crippen molar-refractivity contribution >= 4 is 13.3 Å². The van der Waals surface area contributed by atoms with Crippen LogP contribution in [0.15, 0.2) is 134 Å². The van der Waals surface area contributed by atoms with E-state index in [1.807, 2.05) is 48.7 Å². The molecule has 235 valence electrons. The van der Waals surface area contributed by atoms with Gasteiger partial charge in [-0.1, -0.05) is 125 Å². The first kappa shape index (κ1) is 34.9. The van der Waals surface area contributed by atoms with E-state index in [4.69, 9.17) is 4.98 Å². The van der Waals surface area contributed by atoms with Crippen LogP contribution in [0.5, 0.6) is 0 Å². The molecule has 0 aliphatic heterocycles. The Bertz CT molecular complexity index is 1810. The van der Waals surface area contributed by atoms with Crippen molar-refractivity contribution < 1.29 is 20.1 Å². The second kappa shape index (κ2) is 16.0. The number of rotatable bonds is 7. The van der Waals surface area contributed by atoms with Crippen LogP contribution in [0.2, 0.25) is 19.6 Å². The third-order valence-corrected chi connectivity index (χ3v) is 10.2. The molecule has 0 aliphatic rings. The fraction of sp³-hybridized carbons (Fsp3) is 0.190. The van der Waals surface area contributed by atoms with Crippen molar-refractivity contribution in [2.45, 2.75) is 52.2 Å². The van der Waals surface area contributed by atoms with Gasteiger partial charge in [-0.2, -0.15) is 0 Å². The van der Waals surface area contributed by atoms with Gasteiger partial charge < -0.3 is 9.97 Å². The molecule has 0 fully saturated rings. The van der Waals surface area contributed by atoms with Gasteiger partial charge in [0.2, 0.25) is 0 Å². The van der Waals surface area contributed by atoms with Crippen LogP contribution in [0.25, 0.3) is 33.6 Å². The molecule has 1 unspecified atom stereocenters. The van der Waals surface area contributed by atoms with E-state index >= 15 is 0 Å². The summed E-state index contributed by atoms with van der Waals surface area (Å²) < 4.78 is 0. The zero-order valence-electron chi connectivity index (χ0n) is 27.6. The topological polar surface area (TPSA) is 25.8 Å². The molecule has 1 atom stereocenters. The molecular weight excluding hydrogens is 753 g/mol. The zero-order valence-corrected chi connectivity index (χ0v) is 31.0. The number of nitrogens with zero attached hydrogens (tertiary/aromatic N) is 2. The molecule has 0 amide bonds. The van der Waals surface area contributed by atoms with Crippen LogP contribution in [0, 0.1) is 12.1 Å². The van der Waals surface area contributed by atoms with Crippen molar-refractivity contribution in [3.8, 4) is 33.6 Å². The summed E-state index contributed by atoms with van der Waals surface area (Å²) in [4.78, 5) is 9.19. The predicted octanol–water partition coefficient (Wildman–Crippen LogP) is 10.6. The van der Waals surface area contributed by atoms with Crippen LogP contribution < -0.4 is 5.19 Å². The van der Waals surface area contributed by atoms with E-state index in [2.05, 4.69) is 143 Å². The van der Waals surface area contributed by atoms with E-state index in [0.29, 0.717) is 11.8 Å². The van der Waals surface area contributed by atoms with E-state index in [9.17, 15) is 0 Å². The van der Waals surface area contributed by atoms with Crippen LogP contribution in [0.1, 0.15) is 49.3 Å². The molecule has 0 saturated carbocycles. The van der Waals surface area contributed by atoms with Gasteiger partial charge in [-0.15, -0.1) is 70.8 Å². The summed E-state index contributed by atoms with van der Waals surface area (Å²) in [5, 5.41) is 1.46. The molecule has 46 heavy (non-hydrogen) atoms. The van der Waals surface area contributed by atoms with Crippen molar-refractivity contribution in [2.24, 2.45) is 0 Å². The number of hydrogen-bond donors (Lipinski definition) is 0. The average molecular weight is 795 g/mol. The molecule has 1 radical (unpaired) electrons. The molecule has 0 bridgehead atoms. The monoisotopic (exact) mass is 795 g/mol. The predicted molar refractivity (Wildman–Crippen MR) is 193 cm³/mol. The number of benzene rings is 4. The van der Waals surface area contributed by atoms with Crippen LogP contribution in [-0.4, -0.2) is 18.0 Å². The molecule has 6 rings (SSSR count). The van der Waals surface area contributed by atoms with Crippen molar-refractivity contribution in [2.75, 3.05) is 0 Å². The maximum Gasteiger partial charge on any atom is 0.0799 e. The van der Waals surface area contributed by atoms with Crippen LogP contribution in [-0.2, 0) is 20.1 Å². The Morgan fingerprint density at radius 1 is 0.587 bits per heavy atom. The summed E-state index contributed by atoms with van der Waals surface area (Å²) >= 11 is 0. The maximum atomic E-state index is 4.80. The molecule has 0 aliphatic carbocycles.